The molecular formula is C13H20N4O3. The number of primary amides is 1. The second-order valence-corrected chi connectivity index (χ2v) is 5.39. The molecule has 1 saturated heterocycles. The van der Waals surface area contributed by atoms with Gasteiger partial charge in [0.2, 0.25) is 5.91 Å². The molecule has 3 N–H and O–H groups in total. The van der Waals surface area contributed by atoms with E-state index in [2.05, 4.69) is 5.10 Å². The lowest BCUT2D eigenvalue weighted by atomic mass is 9.92. The number of carboxylic acid groups (broad SMARTS) is 1. The molecule has 0 aromatic carbocycles. The van der Waals surface area contributed by atoms with E-state index in [4.69, 9.17) is 5.73 Å². The van der Waals surface area contributed by atoms with Crippen LogP contribution in [0.3, 0.4) is 0 Å². The summed E-state index contributed by atoms with van der Waals surface area (Å²) in [4.78, 5) is 24.8. The second kappa shape index (κ2) is 5.15. The van der Waals surface area contributed by atoms with Gasteiger partial charge in [-0.15, -0.1) is 0 Å². The van der Waals surface area contributed by atoms with Crippen LogP contribution in [0.2, 0.25) is 0 Å². The number of aromatic carboxylic acids is 1. The van der Waals surface area contributed by atoms with E-state index in [0.717, 1.165) is 12.8 Å². The summed E-state index contributed by atoms with van der Waals surface area (Å²) in [5.41, 5.74) is 6.06. The lowest BCUT2D eigenvalue weighted by Crippen LogP contribution is -2.47. The maximum absolute atomic E-state index is 11.4. The molecule has 2 rings (SSSR count). The van der Waals surface area contributed by atoms with Crippen molar-refractivity contribution >= 4 is 17.7 Å². The lowest BCUT2D eigenvalue weighted by Gasteiger charge is -2.38. The first-order chi connectivity index (χ1) is 9.32. The molecule has 2 heterocycles. The van der Waals surface area contributed by atoms with Crippen molar-refractivity contribution in [2.75, 3.05) is 11.4 Å². The molecule has 0 radical (unpaired) electrons. The first-order valence-electron chi connectivity index (χ1n) is 6.65. The Kier molecular flexibility index (Phi) is 3.69. The summed E-state index contributed by atoms with van der Waals surface area (Å²) in [5, 5.41) is 13.6. The van der Waals surface area contributed by atoms with E-state index in [0.29, 0.717) is 18.1 Å². The van der Waals surface area contributed by atoms with Crippen LogP contribution in [-0.2, 0) is 11.8 Å². The molecular weight excluding hydrogens is 260 g/mol. The topological polar surface area (TPSA) is 101 Å². The van der Waals surface area contributed by atoms with Crippen LogP contribution in [0.5, 0.6) is 0 Å². The molecule has 2 unspecified atom stereocenters. The highest BCUT2D eigenvalue weighted by Crippen LogP contribution is 2.31. The number of piperidine rings is 1. The first-order valence-corrected chi connectivity index (χ1v) is 6.65. The fourth-order valence-corrected chi connectivity index (χ4v) is 2.86. The van der Waals surface area contributed by atoms with E-state index in [-0.39, 0.29) is 23.4 Å². The standard InChI is InChI=1S/C13H20N4O3/c1-7-4-5-9(11(14)18)6-17(7)12-10(13(19)20)8(2)15-16(12)3/h7,9H,4-6H2,1-3H3,(H2,14,18)(H,19,20). The van der Waals surface area contributed by atoms with Gasteiger partial charge in [-0.2, -0.15) is 5.10 Å². The van der Waals surface area contributed by atoms with Crippen LogP contribution in [0.1, 0.15) is 35.8 Å². The second-order valence-electron chi connectivity index (χ2n) is 5.39. The Labute approximate surface area is 117 Å². The molecule has 1 amide bonds. The number of aryl methyl sites for hydroxylation is 2. The number of amides is 1. The van der Waals surface area contributed by atoms with Crippen LogP contribution in [-0.4, -0.2) is 39.4 Å². The number of carbonyl (C=O) groups is 2. The molecule has 110 valence electrons. The van der Waals surface area contributed by atoms with Crippen LogP contribution < -0.4 is 10.6 Å². The molecule has 1 aromatic rings. The van der Waals surface area contributed by atoms with Gasteiger partial charge in [0.1, 0.15) is 11.4 Å². The van der Waals surface area contributed by atoms with Gasteiger partial charge >= 0.3 is 5.97 Å². The summed E-state index contributed by atoms with van der Waals surface area (Å²) in [5.74, 6) is -1.03. The molecule has 1 aliphatic rings. The van der Waals surface area contributed by atoms with Crippen molar-refractivity contribution in [3.63, 3.8) is 0 Å². The Hall–Kier alpha value is -2.05. The monoisotopic (exact) mass is 280 g/mol. The Balaban J connectivity index is 2.43. The fourth-order valence-electron chi connectivity index (χ4n) is 2.86. The highest BCUT2D eigenvalue weighted by molar-refractivity contribution is 5.95. The maximum Gasteiger partial charge on any atom is 0.341 e. The third-order valence-electron chi connectivity index (χ3n) is 3.96. The average molecular weight is 280 g/mol. The lowest BCUT2D eigenvalue weighted by molar-refractivity contribution is -0.122. The largest absolute Gasteiger partial charge is 0.477 e. The Bertz CT molecular complexity index is 552. The van der Waals surface area contributed by atoms with Gasteiger partial charge in [0.25, 0.3) is 0 Å². The van der Waals surface area contributed by atoms with Crippen molar-refractivity contribution in [1.29, 1.82) is 0 Å². The molecule has 7 nitrogen and oxygen atoms in total. The van der Waals surface area contributed by atoms with Gasteiger partial charge in [-0.3, -0.25) is 9.48 Å². The van der Waals surface area contributed by atoms with Crippen molar-refractivity contribution in [2.45, 2.75) is 32.7 Å². The average Bonchev–Trinajstić information content (AvgIpc) is 2.64. The zero-order valence-electron chi connectivity index (χ0n) is 12.0. The number of rotatable bonds is 3. The molecule has 20 heavy (non-hydrogen) atoms. The number of carboxylic acids is 1. The predicted octanol–water partition coefficient (Wildman–Crippen LogP) is 0.517. The smallest absolute Gasteiger partial charge is 0.341 e. The minimum absolute atomic E-state index is 0.151. The van der Waals surface area contributed by atoms with Gasteiger partial charge in [0, 0.05) is 19.6 Å². The van der Waals surface area contributed by atoms with Crippen LogP contribution in [0.25, 0.3) is 0 Å². The summed E-state index contributed by atoms with van der Waals surface area (Å²) < 4.78 is 1.57. The SMILES string of the molecule is Cc1nn(C)c(N2CC(C(N)=O)CCC2C)c1C(=O)O. The molecule has 1 aromatic heterocycles. The summed E-state index contributed by atoms with van der Waals surface area (Å²) in [6.45, 7) is 4.13. The van der Waals surface area contributed by atoms with Gasteiger partial charge in [-0.05, 0) is 26.7 Å². The third-order valence-corrected chi connectivity index (χ3v) is 3.96. The van der Waals surface area contributed by atoms with Crippen molar-refractivity contribution in [1.82, 2.24) is 9.78 Å². The number of anilines is 1. The molecule has 0 saturated carbocycles. The zero-order valence-corrected chi connectivity index (χ0v) is 12.0. The quantitative estimate of drug-likeness (QED) is 0.840. The minimum atomic E-state index is -1.00. The van der Waals surface area contributed by atoms with E-state index in [9.17, 15) is 14.7 Å². The van der Waals surface area contributed by atoms with Crippen molar-refractivity contribution in [3.8, 4) is 0 Å². The van der Waals surface area contributed by atoms with E-state index < -0.39 is 5.97 Å². The molecule has 0 spiro atoms. The number of nitrogens with zero attached hydrogens (tertiary/aromatic N) is 3. The molecule has 0 bridgehead atoms. The summed E-state index contributed by atoms with van der Waals surface area (Å²) in [7, 11) is 1.72. The molecule has 1 aliphatic heterocycles. The van der Waals surface area contributed by atoms with Gasteiger partial charge in [0.15, 0.2) is 0 Å². The number of aromatic nitrogens is 2. The van der Waals surface area contributed by atoms with Crippen LogP contribution in [0.15, 0.2) is 0 Å². The highest BCUT2D eigenvalue weighted by Gasteiger charge is 2.33. The number of carbonyl (C=O) groups excluding carboxylic acids is 1. The van der Waals surface area contributed by atoms with Crippen molar-refractivity contribution in [2.24, 2.45) is 18.7 Å². The van der Waals surface area contributed by atoms with Crippen molar-refractivity contribution < 1.29 is 14.7 Å². The molecule has 0 aliphatic carbocycles. The van der Waals surface area contributed by atoms with E-state index in [1.165, 1.54) is 0 Å². The van der Waals surface area contributed by atoms with E-state index >= 15 is 0 Å². The van der Waals surface area contributed by atoms with E-state index in [1.807, 2.05) is 11.8 Å². The number of nitrogens with two attached hydrogens (primary N) is 1. The number of hydrogen-bond donors (Lipinski definition) is 2. The normalized spacial score (nSPS) is 22.9. The van der Waals surface area contributed by atoms with Crippen LogP contribution in [0.4, 0.5) is 5.82 Å². The summed E-state index contributed by atoms with van der Waals surface area (Å²) in [6, 6.07) is 0.151. The predicted molar refractivity (Wildman–Crippen MR) is 73.6 cm³/mol. The van der Waals surface area contributed by atoms with E-state index in [1.54, 1.807) is 18.7 Å². The van der Waals surface area contributed by atoms with Gasteiger partial charge < -0.3 is 15.7 Å². The first kappa shape index (κ1) is 14.4. The molecule has 7 heteroatoms. The summed E-state index contributed by atoms with van der Waals surface area (Å²) >= 11 is 0. The minimum Gasteiger partial charge on any atom is -0.477 e. The molecule has 1 fully saturated rings. The summed E-state index contributed by atoms with van der Waals surface area (Å²) in [6.07, 6.45) is 1.54. The molecule has 2 atom stereocenters. The fraction of sp³-hybridized carbons (Fsp3) is 0.615. The maximum atomic E-state index is 11.4. The van der Waals surface area contributed by atoms with Gasteiger partial charge in [0.05, 0.1) is 11.6 Å². The third kappa shape index (κ3) is 2.35. The van der Waals surface area contributed by atoms with Crippen molar-refractivity contribution in [3.05, 3.63) is 11.3 Å². The highest BCUT2D eigenvalue weighted by atomic mass is 16.4. The Morgan fingerprint density at radius 1 is 1.40 bits per heavy atom. The van der Waals surface area contributed by atoms with Gasteiger partial charge in [-0.25, -0.2) is 4.79 Å². The van der Waals surface area contributed by atoms with Crippen LogP contribution >= 0.6 is 0 Å². The number of hydrogen-bond acceptors (Lipinski definition) is 4. The Morgan fingerprint density at radius 3 is 2.60 bits per heavy atom. The van der Waals surface area contributed by atoms with Crippen LogP contribution in [0, 0.1) is 12.8 Å². The zero-order chi connectivity index (χ0) is 15.0. The Morgan fingerprint density at radius 2 is 2.05 bits per heavy atom. The van der Waals surface area contributed by atoms with Gasteiger partial charge in [-0.1, -0.05) is 0 Å².